The highest BCUT2D eigenvalue weighted by Crippen LogP contribution is 2.48. The minimum atomic E-state index is -0.418. The van der Waals surface area contributed by atoms with E-state index in [0.29, 0.717) is 17.3 Å². The smallest absolute Gasteiger partial charge is 0.227 e. The van der Waals surface area contributed by atoms with Gasteiger partial charge in [0.1, 0.15) is 5.82 Å². The van der Waals surface area contributed by atoms with E-state index >= 15 is 0 Å². The molecule has 18 heavy (non-hydrogen) atoms. The Morgan fingerprint density at radius 3 is 2.72 bits per heavy atom. The number of carbonyl (C=O) groups is 1. The number of nitrogens with two attached hydrogens (primary N) is 1. The first-order valence-electron chi connectivity index (χ1n) is 6.49. The van der Waals surface area contributed by atoms with Gasteiger partial charge in [-0.2, -0.15) is 0 Å². The van der Waals surface area contributed by atoms with E-state index < -0.39 is 5.82 Å². The lowest BCUT2D eigenvalue weighted by atomic mass is 9.88. The van der Waals surface area contributed by atoms with Gasteiger partial charge >= 0.3 is 0 Å². The van der Waals surface area contributed by atoms with E-state index in [1.54, 1.807) is 6.07 Å². The predicted octanol–water partition coefficient (Wildman–Crippen LogP) is 2.78. The van der Waals surface area contributed by atoms with Crippen LogP contribution in [0.1, 0.15) is 25.7 Å². The average Bonchev–Trinajstić information content (AvgIpc) is 2.88. The van der Waals surface area contributed by atoms with Gasteiger partial charge in [-0.25, -0.2) is 4.39 Å². The molecule has 3 atom stereocenters. The lowest BCUT2D eigenvalue weighted by molar-refractivity contribution is -0.121. The van der Waals surface area contributed by atoms with Gasteiger partial charge in [0.05, 0.1) is 0 Å². The van der Waals surface area contributed by atoms with E-state index in [0.717, 1.165) is 18.8 Å². The third-order valence-electron chi connectivity index (χ3n) is 4.26. The molecule has 0 saturated heterocycles. The third-order valence-corrected chi connectivity index (χ3v) is 4.26. The summed E-state index contributed by atoms with van der Waals surface area (Å²) >= 11 is 0. The summed E-state index contributed by atoms with van der Waals surface area (Å²) in [4.78, 5) is 12.2. The van der Waals surface area contributed by atoms with Crippen molar-refractivity contribution in [1.82, 2.24) is 0 Å². The predicted molar refractivity (Wildman–Crippen MR) is 68.4 cm³/mol. The first kappa shape index (κ1) is 11.5. The second-order valence-electron chi connectivity index (χ2n) is 5.54. The summed E-state index contributed by atoms with van der Waals surface area (Å²) < 4.78 is 13.2. The van der Waals surface area contributed by atoms with Gasteiger partial charge < -0.3 is 11.1 Å². The molecule has 1 aromatic rings. The van der Waals surface area contributed by atoms with Crippen LogP contribution in [0.25, 0.3) is 0 Å². The van der Waals surface area contributed by atoms with Gasteiger partial charge in [-0.05, 0) is 49.3 Å². The average molecular weight is 248 g/mol. The number of anilines is 2. The summed E-state index contributed by atoms with van der Waals surface area (Å²) in [6.45, 7) is 0. The van der Waals surface area contributed by atoms with Crippen LogP contribution in [0.4, 0.5) is 15.8 Å². The number of halogens is 1. The highest BCUT2D eigenvalue weighted by Gasteiger charge is 2.42. The molecular weight excluding hydrogens is 231 g/mol. The van der Waals surface area contributed by atoms with Gasteiger partial charge in [0.15, 0.2) is 0 Å². The number of nitrogens with one attached hydrogen (secondary N) is 1. The molecule has 0 heterocycles. The molecule has 0 aromatic heterocycles. The normalized spacial score (nSPS) is 29.5. The monoisotopic (exact) mass is 248 g/mol. The number of hydrogen-bond donors (Lipinski definition) is 2. The quantitative estimate of drug-likeness (QED) is 0.791. The Labute approximate surface area is 106 Å². The minimum absolute atomic E-state index is 0.0206. The SMILES string of the molecule is Nc1cc(F)cc(NC(=O)C2CC3CCC2C3)c1. The van der Waals surface area contributed by atoms with Crippen molar-refractivity contribution < 1.29 is 9.18 Å². The second kappa shape index (κ2) is 4.26. The van der Waals surface area contributed by atoms with Gasteiger partial charge in [0.25, 0.3) is 0 Å². The van der Waals surface area contributed by atoms with Crippen molar-refractivity contribution in [2.45, 2.75) is 25.7 Å². The van der Waals surface area contributed by atoms with Crippen LogP contribution in [-0.4, -0.2) is 5.91 Å². The molecular formula is C14H17FN2O. The Hall–Kier alpha value is -1.58. The standard InChI is InChI=1S/C14H17FN2O/c15-10-5-11(16)7-12(6-10)17-14(18)13-4-8-1-2-9(13)3-8/h5-9,13H,1-4,16H2,(H,17,18). The largest absolute Gasteiger partial charge is 0.399 e. The van der Waals surface area contributed by atoms with Crippen molar-refractivity contribution in [3.8, 4) is 0 Å². The Morgan fingerprint density at radius 2 is 2.11 bits per heavy atom. The minimum Gasteiger partial charge on any atom is -0.399 e. The topological polar surface area (TPSA) is 55.1 Å². The Balaban J connectivity index is 1.70. The Bertz CT molecular complexity index is 468. The summed E-state index contributed by atoms with van der Waals surface area (Å²) in [6.07, 6.45) is 4.60. The van der Waals surface area contributed by atoms with E-state index in [9.17, 15) is 9.18 Å². The molecule has 0 spiro atoms. The van der Waals surface area contributed by atoms with Crippen molar-refractivity contribution >= 4 is 17.3 Å². The summed E-state index contributed by atoms with van der Waals surface area (Å²) in [7, 11) is 0. The Kier molecular flexibility index (Phi) is 2.73. The number of rotatable bonds is 2. The fourth-order valence-corrected chi connectivity index (χ4v) is 3.49. The molecule has 0 radical (unpaired) electrons. The van der Waals surface area contributed by atoms with Gasteiger partial charge in [-0.1, -0.05) is 6.42 Å². The summed E-state index contributed by atoms with van der Waals surface area (Å²) in [5, 5.41) is 2.79. The molecule has 3 unspecified atom stereocenters. The molecule has 1 aromatic carbocycles. The highest BCUT2D eigenvalue weighted by molar-refractivity contribution is 5.93. The molecule has 3 nitrogen and oxygen atoms in total. The van der Waals surface area contributed by atoms with E-state index in [2.05, 4.69) is 5.32 Å². The van der Waals surface area contributed by atoms with Crippen molar-refractivity contribution in [2.24, 2.45) is 17.8 Å². The molecule has 2 saturated carbocycles. The molecule has 0 aliphatic heterocycles. The fourth-order valence-electron chi connectivity index (χ4n) is 3.49. The molecule has 2 aliphatic carbocycles. The number of hydrogen-bond acceptors (Lipinski definition) is 2. The second-order valence-corrected chi connectivity index (χ2v) is 5.54. The number of fused-ring (bicyclic) bond motifs is 2. The maximum Gasteiger partial charge on any atom is 0.227 e. The molecule has 3 rings (SSSR count). The van der Waals surface area contributed by atoms with Crippen LogP contribution in [0.5, 0.6) is 0 Å². The summed E-state index contributed by atoms with van der Waals surface area (Å²) in [6, 6.07) is 4.14. The molecule has 3 N–H and O–H groups in total. The van der Waals surface area contributed by atoms with Gasteiger partial charge in [0.2, 0.25) is 5.91 Å². The summed E-state index contributed by atoms with van der Waals surface area (Å²) in [5.74, 6) is 0.961. The van der Waals surface area contributed by atoms with Crippen molar-refractivity contribution in [1.29, 1.82) is 0 Å². The number of carbonyl (C=O) groups excluding carboxylic acids is 1. The highest BCUT2D eigenvalue weighted by atomic mass is 19.1. The van der Waals surface area contributed by atoms with Crippen LogP contribution >= 0.6 is 0 Å². The zero-order valence-electron chi connectivity index (χ0n) is 10.2. The molecule has 1 amide bonds. The molecule has 2 aliphatic rings. The van der Waals surface area contributed by atoms with Crippen LogP contribution in [0, 0.1) is 23.6 Å². The molecule has 2 bridgehead atoms. The zero-order valence-corrected chi connectivity index (χ0v) is 10.2. The fraction of sp³-hybridized carbons (Fsp3) is 0.500. The van der Waals surface area contributed by atoms with Gasteiger partial charge in [0, 0.05) is 17.3 Å². The lowest BCUT2D eigenvalue weighted by Crippen LogP contribution is -2.27. The first-order valence-corrected chi connectivity index (χ1v) is 6.49. The van der Waals surface area contributed by atoms with E-state index in [1.165, 1.54) is 25.0 Å². The molecule has 2 fully saturated rings. The van der Waals surface area contributed by atoms with Gasteiger partial charge in [-0.15, -0.1) is 0 Å². The van der Waals surface area contributed by atoms with Crippen LogP contribution < -0.4 is 11.1 Å². The van der Waals surface area contributed by atoms with Crippen molar-refractivity contribution in [3.05, 3.63) is 24.0 Å². The van der Waals surface area contributed by atoms with Crippen LogP contribution in [0.2, 0.25) is 0 Å². The Morgan fingerprint density at radius 1 is 1.28 bits per heavy atom. The van der Waals surface area contributed by atoms with E-state index in [4.69, 9.17) is 5.73 Å². The third kappa shape index (κ3) is 2.07. The molecule has 4 heteroatoms. The van der Waals surface area contributed by atoms with Crippen LogP contribution in [-0.2, 0) is 4.79 Å². The maximum absolute atomic E-state index is 13.2. The van der Waals surface area contributed by atoms with Gasteiger partial charge in [-0.3, -0.25) is 4.79 Å². The molecule has 96 valence electrons. The van der Waals surface area contributed by atoms with E-state index in [-0.39, 0.29) is 11.8 Å². The van der Waals surface area contributed by atoms with E-state index in [1.807, 2.05) is 0 Å². The van der Waals surface area contributed by atoms with Crippen LogP contribution in [0.15, 0.2) is 18.2 Å². The van der Waals surface area contributed by atoms with Crippen molar-refractivity contribution in [2.75, 3.05) is 11.1 Å². The number of benzene rings is 1. The lowest BCUT2D eigenvalue weighted by Gasteiger charge is -2.20. The van der Waals surface area contributed by atoms with Crippen molar-refractivity contribution in [3.63, 3.8) is 0 Å². The maximum atomic E-state index is 13.2. The van der Waals surface area contributed by atoms with Crippen LogP contribution in [0.3, 0.4) is 0 Å². The zero-order chi connectivity index (χ0) is 12.7. The number of nitrogen functional groups attached to an aromatic ring is 1. The number of amides is 1. The first-order chi connectivity index (χ1) is 8.61. The summed E-state index contributed by atoms with van der Waals surface area (Å²) in [5.41, 5.74) is 6.35.